The molecule has 0 fully saturated rings. The third kappa shape index (κ3) is 4.02. The van der Waals surface area contributed by atoms with Gasteiger partial charge in [0.15, 0.2) is 22.1 Å². The van der Waals surface area contributed by atoms with Crippen LogP contribution in [0.1, 0.15) is 22.3 Å². The van der Waals surface area contributed by atoms with Gasteiger partial charge in [-0.15, -0.1) is 0 Å². The molecule has 0 spiro atoms. The van der Waals surface area contributed by atoms with Gasteiger partial charge in [0.25, 0.3) is 0 Å². The van der Waals surface area contributed by atoms with E-state index in [0.29, 0.717) is 27.4 Å². The Balaban J connectivity index is 1.72. The van der Waals surface area contributed by atoms with Crippen molar-refractivity contribution in [1.29, 1.82) is 0 Å². The number of aryl methyl sites for hydroxylation is 2. The van der Waals surface area contributed by atoms with E-state index in [4.69, 9.17) is 0 Å². The van der Waals surface area contributed by atoms with Crippen LogP contribution < -0.4 is 5.32 Å². The maximum atomic E-state index is 14.5. The normalized spacial score (nSPS) is 11.3. The lowest BCUT2D eigenvalue weighted by Gasteiger charge is -2.12. The van der Waals surface area contributed by atoms with Crippen molar-refractivity contribution >= 4 is 28.7 Å². The third-order valence-electron chi connectivity index (χ3n) is 5.15. The molecule has 0 amide bonds. The number of hydrogen-bond donors (Lipinski definition) is 1. The molecular weight excluding hydrogens is 442 g/mol. The second kappa shape index (κ2) is 8.78. The Labute approximate surface area is 185 Å². The van der Waals surface area contributed by atoms with Gasteiger partial charge in [0.2, 0.25) is 0 Å². The molecule has 2 aromatic carbocycles. The zero-order chi connectivity index (χ0) is 23.0. The van der Waals surface area contributed by atoms with E-state index < -0.39 is 23.3 Å². The Kier molecular flexibility index (Phi) is 6.05. The second-order valence-electron chi connectivity index (χ2n) is 7.27. The first-order valence-corrected chi connectivity index (χ1v) is 10.9. The highest BCUT2D eigenvalue weighted by Gasteiger charge is 2.18. The van der Waals surface area contributed by atoms with Gasteiger partial charge in [0, 0.05) is 17.7 Å². The molecule has 0 atom stereocenters. The van der Waals surface area contributed by atoms with Crippen molar-refractivity contribution in [3.63, 3.8) is 0 Å². The Morgan fingerprint density at radius 1 is 0.906 bits per heavy atom. The summed E-state index contributed by atoms with van der Waals surface area (Å²) in [5.74, 6) is -2.34. The molecule has 0 aliphatic rings. The lowest BCUT2D eigenvalue weighted by molar-refractivity contribution is 0.540. The zero-order valence-electron chi connectivity index (χ0n) is 17.5. The fraction of sp³-hybridized carbons (Fsp3) is 0.227. The predicted molar refractivity (Wildman–Crippen MR) is 116 cm³/mol. The Morgan fingerprint density at radius 3 is 2.19 bits per heavy atom. The zero-order valence-corrected chi connectivity index (χ0v) is 18.3. The first-order chi connectivity index (χ1) is 15.3. The van der Waals surface area contributed by atoms with Gasteiger partial charge in [-0.3, -0.25) is 0 Å². The Morgan fingerprint density at radius 2 is 1.53 bits per heavy atom. The van der Waals surface area contributed by atoms with E-state index in [1.54, 1.807) is 20.1 Å². The molecule has 0 saturated heterocycles. The van der Waals surface area contributed by atoms with Gasteiger partial charge in [-0.25, -0.2) is 32.5 Å². The third-order valence-corrected chi connectivity index (χ3v) is 5.69. The van der Waals surface area contributed by atoms with E-state index in [0.717, 1.165) is 0 Å². The number of nitrogens with zero attached hydrogens (tertiary/aromatic N) is 4. The number of aromatic nitrogens is 4. The molecule has 0 aliphatic carbocycles. The molecule has 166 valence electrons. The van der Waals surface area contributed by atoms with Crippen molar-refractivity contribution in [2.24, 2.45) is 0 Å². The predicted octanol–water partition coefficient (Wildman–Crippen LogP) is 5.38. The lowest BCUT2D eigenvalue weighted by Crippen LogP contribution is -2.09. The van der Waals surface area contributed by atoms with Crippen LogP contribution in [0, 0.1) is 37.1 Å². The highest BCUT2D eigenvalue weighted by atomic mass is 32.2. The number of nitrogens with one attached hydrogen (secondary N) is 1. The maximum absolute atomic E-state index is 14.5. The molecule has 5 nitrogen and oxygen atoms in total. The summed E-state index contributed by atoms with van der Waals surface area (Å²) in [6.45, 7) is 2.83. The van der Waals surface area contributed by atoms with Crippen molar-refractivity contribution in [1.82, 2.24) is 19.5 Å². The van der Waals surface area contributed by atoms with Crippen LogP contribution in [0.15, 0.2) is 35.7 Å². The van der Waals surface area contributed by atoms with Crippen molar-refractivity contribution in [2.75, 3.05) is 11.6 Å². The minimum absolute atomic E-state index is 0.105. The SMILES string of the molecule is CSc1nc(NCc2c(F)ccc(C)c2F)c2ncn(Cc3c(F)ccc(C)c3F)c2n1. The average molecular weight is 461 g/mol. The number of imidazole rings is 1. The van der Waals surface area contributed by atoms with Crippen LogP contribution in [0.25, 0.3) is 11.2 Å². The fourth-order valence-electron chi connectivity index (χ4n) is 3.33. The molecule has 4 rings (SSSR count). The molecule has 0 bridgehead atoms. The Hall–Kier alpha value is -3.14. The molecule has 2 aromatic heterocycles. The number of benzene rings is 2. The van der Waals surface area contributed by atoms with Crippen molar-refractivity contribution in [3.8, 4) is 0 Å². The minimum Gasteiger partial charge on any atom is -0.364 e. The second-order valence-corrected chi connectivity index (χ2v) is 8.04. The van der Waals surface area contributed by atoms with Crippen LogP contribution in [0.2, 0.25) is 0 Å². The summed E-state index contributed by atoms with van der Waals surface area (Å²) in [7, 11) is 0. The van der Waals surface area contributed by atoms with Gasteiger partial charge in [0.1, 0.15) is 23.3 Å². The molecule has 0 radical (unpaired) electrons. The summed E-state index contributed by atoms with van der Waals surface area (Å²) in [6, 6.07) is 5.17. The summed E-state index contributed by atoms with van der Waals surface area (Å²) in [5.41, 5.74) is 1.10. The van der Waals surface area contributed by atoms with Crippen molar-refractivity contribution in [3.05, 3.63) is 76.1 Å². The molecule has 4 aromatic rings. The number of anilines is 1. The smallest absolute Gasteiger partial charge is 0.191 e. The van der Waals surface area contributed by atoms with E-state index in [9.17, 15) is 17.6 Å². The molecule has 0 unspecified atom stereocenters. The van der Waals surface area contributed by atoms with Gasteiger partial charge in [-0.1, -0.05) is 23.9 Å². The first-order valence-electron chi connectivity index (χ1n) is 9.67. The van der Waals surface area contributed by atoms with E-state index in [-0.39, 0.29) is 30.0 Å². The van der Waals surface area contributed by atoms with Crippen LogP contribution in [0.5, 0.6) is 0 Å². The van der Waals surface area contributed by atoms with E-state index in [1.165, 1.54) is 46.9 Å². The number of thioether (sulfide) groups is 1. The standard InChI is InChI=1S/C22H19F4N5S/c1-11-4-6-15(23)13(17(11)25)8-27-20-19-21(30-22(29-20)32-3)31(10-28-19)9-14-16(24)7-5-12(2)18(14)26/h4-7,10H,8-9H2,1-3H3,(H,27,29,30). The first kappa shape index (κ1) is 22.1. The summed E-state index contributed by atoms with van der Waals surface area (Å²) in [6.07, 6.45) is 3.18. The van der Waals surface area contributed by atoms with Crippen LogP contribution in [0.4, 0.5) is 23.4 Å². The molecule has 2 heterocycles. The van der Waals surface area contributed by atoms with Gasteiger partial charge in [0.05, 0.1) is 12.9 Å². The molecule has 0 aliphatic heterocycles. The van der Waals surface area contributed by atoms with Crippen LogP contribution >= 0.6 is 11.8 Å². The van der Waals surface area contributed by atoms with E-state index in [2.05, 4.69) is 20.3 Å². The average Bonchev–Trinajstić information content (AvgIpc) is 3.19. The number of fused-ring (bicyclic) bond motifs is 1. The van der Waals surface area contributed by atoms with Crippen molar-refractivity contribution in [2.45, 2.75) is 32.1 Å². The van der Waals surface area contributed by atoms with Crippen LogP contribution in [-0.4, -0.2) is 25.8 Å². The van der Waals surface area contributed by atoms with Crippen LogP contribution in [0.3, 0.4) is 0 Å². The number of halogens is 4. The van der Waals surface area contributed by atoms with Crippen LogP contribution in [-0.2, 0) is 13.1 Å². The molecule has 32 heavy (non-hydrogen) atoms. The van der Waals surface area contributed by atoms with Gasteiger partial charge in [-0.2, -0.15) is 0 Å². The van der Waals surface area contributed by atoms with E-state index >= 15 is 0 Å². The number of hydrogen-bond acceptors (Lipinski definition) is 5. The largest absolute Gasteiger partial charge is 0.364 e. The van der Waals surface area contributed by atoms with Gasteiger partial charge < -0.3 is 9.88 Å². The van der Waals surface area contributed by atoms with Crippen molar-refractivity contribution < 1.29 is 17.6 Å². The molecule has 10 heteroatoms. The monoisotopic (exact) mass is 461 g/mol. The lowest BCUT2D eigenvalue weighted by atomic mass is 10.1. The summed E-state index contributed by atoms with van der Waals surface area (Å²) in [5, 5.41) is 3.30. The number of rotatable bonds is 6. The topological polar surface area (TPSA) is 55.6 Å². The highest BCUT2D eigenvalue weighted by Crippen LogP contribution is 2.26. The molecule has 0 saturated carbocycles. The molecule has 1 N–H and O–H groups in total. The summed E-state index contributed by atoms with van der Waals surface area (Å²) < 4.78 is 58.8. The highest BCUT2D eigenvalue weighted by molar-refractivity contribution is 7.98. The fourth-order valence-corrected chi connectivity index (χ4v) is 3.69. The summed E-state index contributed by atoms with van der Waals surface area (Å²) in [4.78, 5) is 13.1. The van der Waals surface area contributed by atoms with Gasteiger partial charge in [-0.05, 0) is 43.4 Å². The quantitative estimate of drug-likeness (QED) is 0.237. The minimum atomic E-state index is -0.674. The summed E-state index contributed by atoms with van der Waals surface area (Å²) >= 11 is 1.26. The maximum Gasteiger partial charge on any atom is 0.191 e. The Bertz CT molecular complexity index is 1320. The van der Waals surface area contributed by atoms with Gasteiger partial charge >= 0.3 is 0 Å². The van der Waals surface area contributed by atoms with E-state index in [1.807, 2.05) is 0 Å². The molecular formula is C22H19F4N5S.